The van der Waals surface area contributed by atoms with Gasteiger partial charge in [0.05, 0.1) is 10.2 Å². The number of hydrogen-bond acceptors (Lipinski definition) is 3. The summed E-state index contributed by atoms with van der Waals surface area (Å²) in [4.78, 5) is 0. The van der Waals surface area contributed by atoms with Crippen LogP contribution in [0.25, 0.3) is 0 Å². The van der Waals surface area contributed by atoms with Crippen LogP contribution in [0.5, 0.6) is 0 Å². The topological polar surface area (TPSA) is 58.3 Å². The molecule has 3 nitrogen and oxygen atoms in total. The van der Waals surface area contributed by atoms with Gasteiger partial charge in [-0.15, -0.1) is 0 Å². The summed E-state index contributed by atoms with van der Waals surface area (Å²) in [6.07, 6.45) is 1.36. The summed E-state index contributed by atoms with van der Waals surface area (Å²) in [6, 6.07) is 0. The minimum atomic E-state index is -0.187. The highest BCUT2D eigenvalue weighted by atomic mass is 127. The minimum absolute atomic E-state index is 0.187. The highest BCUT2D eigenvalue weighted by molar-refractivity contribution is 14.1. The summed E-state index contributed by atoms with van der Waals surface area (Å²) in [6.45, 7) is 1.94. The number of nitrogens with two attached hydrogens (primary N) is 1. The fourth-order valence-electron chi connectivity index (χ4n) is 0.200. The molecule has 0 aliphatic carbocycles. The zero-order valence-corrected chi connectivity index (χ0v) is 6.71. The van der Waals surface area contributed by atoms with E-state index in [1.165, 1.54) is 6.20 Å². The number of alkyl halides is 1. The zero-order valence-electron chi connectivity index (χ0n) is 4.56. The molecule has 0 aliphatic heterocycles. The molecular weight excluding hydrogens is 219 g/mol. The maximum absolute atomic E-state index is 8.37. The van der Waals surface area contributed by atoms with Gasteiger partial charge in [-0.05, 0) is 6.92 Å². The standard InChI is InChI=1S/C4H9IN2O/c1-3(5)7-2-4(6)8/h2-3,7-8H,6H2,1H3/b4-2-. The molecule has 8 heavy (non-hydrogen) atoms. The molecule has 1 unspecified atom stereocenters. The van der Waals surface area contributed by atoms with Crippen LogP contribution in [0.1, 0.15) is 6.92 Å². The zero-order chi connectivity index (χ0) is 6.57. The van der Waals surface area contributed by atoms with E-state index in [9.17, 15) is 0 Å². The Bertz CT molecular complexity index is 88.0. The second-order valence-corrected chi connectivity index (χ2v) is 3.22. The van der Waals surface area contributed by atoms with Crippen LogP contribution < -0.4 is 11.1 Å². The van der Waals surface area contributed by atoms with Crippen molar-refractivity contribution in [1.29, 1.82) is 0 Å². The van der Waals surface area contributed by atoms with E-state index in [1.807, 2.05) is 6.92 Å². The first-order valence-corrected chi connectivity index (χ1v) is 3.42. The molecule has 0 heterocycles. The third-order valence-corrected chi connectivity index (χ3v) is 0.820. The van der Waals surface area contributed by atoms with Crippen LogP contribution in [0.15, 0.2) is 12.1 Å². The van der Waals surface area contributed by atoms with E-state index in [-0.39, 0.29) is 5.88 Å². The quantitative estimate of drug-likeness (QED) is 0.282. The van der Waals surface area contributed by atoms with Gasteiger partial charge in [-0.3, -0.25) is 0 Å². The third-order valence-electron chi connectivity index (χ3n) is 0.461. The lowest BCUT2D eigenvalue weighted by atomic mass is 10.7. The molecule has 0 rings (SSSR count). The molecule has 4 heteroatoms. The van der Waals surface area contributed by atoms with E-state index in [0.29, 0.717) is 4.05 Å². The Morgan fingerprint density at radius 3 is 2.62 bits per heavy atom. The predicted octanol–water partition coefficient (Wildman–Crippen LogP) is 0.673. The number of halogens is 1. The second-order valence-electron chi connectivity index (χ2n) is 1.35. The second kappa shape index (κ2) is 3.82. The van der Waals surface area contributed by atoms with Gasteiger partial charge in [0.2, 0.25) is 0 Å². The lowest BCUT2D eigenvalue weighted by Gasteiger charge is -2.00. The van der Waals surface area contributed by atoms with E-state index < -0.39 is 0 Å². The van der Waals surface area contributed by atoms with Crippen molar-refractivity contribution in [1.82, 2.24) is 5.32 Å². The van der Waals surface area contributed by atoms with E-state index >= 15 is 0 Å². The average Bonchev–Trinajstić information content (AvgIpc) is 1.61. The summed E-state index contributed by atoms with van der Waals surface area (Å²) in [5.41, 5.74) is 4.89. The van der Waals surface area contributed by atoms with Gasteiger partial charge in [-0.1, -0.05) is 22.6 Å². The van der Waals surface area contributed by atoms with Gasteiger partial charge < -0.3 is 16.2 Å². The number of nitrogens with one attached hydrogen (secondary N) is 1. The number of hydrogen-bond donors (Lipinski definition) is 3. The Morgan fingerprint density at radius 2 is 2.50 bits per heavy atom. The van der Waals surface area contributed by atoms with Gasteiger partial charge in [0.15, 0.2) is 5.88 Å². The molecular formula is C4H9IN2O. The Labute approximate surface area is 62.1 Å². The van der Waals surface area contributed by atoms with Crippen molar-refractivity contribution in [2.75, 3.05) is 0 Å². The molecule has 0 saturated heterocycles. The minimum Gasteiger partial charge on any atom is -0.494 e. The first-order valence-electron chi connectivity index (χ1n) is 2.17. The fraction of sp³-hybridized carbons (Fsp3) is 0.500. The summed E-state index contributed by atoms with van der Waals surface area (Å²) in [7, 11) is 0. The van der Waals surface area contributed by atoms with E-state index in [1.54, 1.807) is 0 Å². The van der Waals surface area contributed by atoms with Crippen LogP contribution in [0, 0.1) is 0 Å². The van der Waals surface area contributed by atoms with Crippen LogP contribution in [-0.4, -0.2) is 9.16 Å². The van der Waals surface area contributed by atoms with Crippen molar-refractivity contribution >= 4 is 22.6 Å². The van der Waals surface area contributed by atoms with Crippen LogP contribution in [0.4, 0.5) is 0 Å². The first kappa shape index (κ1) is 7.87. The van der Waals surface area contributed by atoms with Gasteiger partial charge in [0.25, 0.3) is 0 Å². The normalized spacial score (nSPS) is 15.5. The maximum atomic E-state index is 8.37. The lowest BCUT2D eigenvalue weighted by Crippen LogP contribution is -2.14. The molecule has 48 valence electrons. The molecule has 0 saturated carbocycles. The van der Waals surface area contributed by atoms with Crippen LogP contribution in [0.3, 0.4) is 0 Å². The van der Waals surface area contributed by atoms with Crippen molar-refractivity contribution in [2.24, 2.45) is 5.73 Å². The Hall–Kier alpha value is -0.130. The van der Waals surface area contributed by atoms with Gasteiger partial charge in [-0.25, -0.2) is 0 Å². The number of aliphatic hydroxyl groups excluding tert-OH is 1. The monoisotopic (exact) mass is 228 g/mol. The summed E-state index contributed by atoms with van der Waals surface area (Å²) in [5.74, 6) is -0.187. The summed E-state index contributed by atoms with van der Waals surface area (Å²) in [5, 5.41) is 11.2. The lowest BCUT2D eigenvalue weighted by molar-refractivity contribution is 0.400. The smallest absolute Gasteiger partial charge is 0.197 e. The van der Waals surface area contributed by atoms with Gasteiger partial charge in [-0.2, -0.15) is 0 Å². The van der Waals surface area contributed by atoms with Gasteiger partial charge in [0.1, 0.15) is 0 Å². The van der Waals surface area contributed by atoms with E-state index in [4.69, 9.17) is 10.8 Å². The van der Waals surface area contributed by atoms with Crippen LogP contribution in [-0.2, 0) is 0 Å². The van der Waals surface area contributed by atoms with Crippen LogP contribution >= 0.6 is 22.6 Å². The van der Waals surface area contributed by atoms with Gasteiger partial charge >= 0.3 is 0 Å². The maximum Gasteiger partial charge on any atom is 0.197 e. The van der Waals surface area contributed by atoms with Crippen molar-refractivity contribution in [3.8, 4) is 0 Å². The first-order chi connectivity index (χ1) is 3.63. The molecule has 0 bridgehead atoms. The van der Waals surface area contributed by atoms with Crippen LogP contribution in [0.2, 0.25) is 0 Å². The van der Waals surface area contributed by atoms with Crippen molar-refractivity contribution in [2.45, 2.75) is 11.0 Å². The Morgan fingerprint density at radius 1 is 2.00 bits per heavy atom. The third kappa shape index (κ3) is 5.87. The SMILES string of the molecule is CC(I)N/C=C(/N)O. The van der Waals surface area contributed by atoms with Crippen molar-refractivity contribution in [3.05, 3.63) is 12.1 Å². The molecule has 0 aromatic carbocycles. The Balaban J connectivity index is 3.29. The van der Waals surface area contributed by atoms with E-state index in [0.717, 1.165) is 0 Å². The van der Waals surface area contributed by atoms with Gasteiger partial charge in [0, 0.05) is 0 Å². The van der Waals surface area contributed by atoms with Crippen molar-refractivity contribution < 1.29 is 5.11 Å². The number of rotatable bonds is 2. The molecule has 0 radical (unpaired) electrons. The Kier molecular flexibility index (Phi) is 3.76. The van der Waals surface area contributed by atoms with Crippen molar-refractivity contribution in [3.63, 3.8) is 0 Å². The molecule has 0 aromatic heterocycles. The average molecular weight is 228 g/mol. The molecule has 0 spiro atoms. The summed E-state index contributed by atoms with van der Waals surface area (Å²) < 4.78 is 0.290. The summed E-state index contributed by atoms with van der Waals surface area (Å²) >= 11 is 2.15. The molecule has 0 amide bonds. The largest absolute Gasteiger partial charge is 0.494 e. The molecule has 0 fully saturated rings. The molecule has 4 N–H and O–H groups in total. The number of aliphatic hydroxyl groups is 1. The molecule has 0 aliphatic rings. The fourth-order valence-corrected chi connectivity index (χ4v) is 0.380. The highest BCUT2D eigenvalue weighted by Crippen LogP contribution is 1.91. The molecule has 0 aromatic rings. The molecule has 1 atom stereocenters. The highest BCUT2D eigenvalue weighted by Gasteiger charge is 1.86. The predicted molar refractivity (Wildman–Crippen MR) is 41.5 cm³/mol. The van der Waals surface area contributed by atoms with E-state index in [2.05, 4.69) is 27.9 Å².